The zero-order valence-corrected chi connectivity index (χ0v) is 33.4. The number of hydrogen-bond acceptors (Lipinski definition) is 4. The van der Waals surface area contributed by atoms with Gasteiger partial charge in [-0.15, -0.1) is 0 Å². The molecule has 0 aliphatic heterocycles. The SMILES string of the molecule is Cc1cc2nc3oc4ccccc4n3c2cc1-c1cccc([Si](c2ccccc2)(c2ccccc2)c2cccc(-c3cc4c(cc3C)nc3oc5ccccc5n34)c2)c1. The molecule has 0 aliphatic carbocycles. The number of para-hydroxylation sites is 4. The molecule has 0 unspecified atom stereocenters. The predicted octanol–water partition coefficient (Wildman–Crippen LogP) is 10.1. The summed E-state index contributed by atoms with van der Waals surface area (Å²) in [4.78, 5) is 9.79. The van der Waals surface area contributed by atoms with E-state index < -0.39 is 8.07 Å². The van der Waals surface area contributed by atoms with E-state index in [-0.39, 0.29) is 0 Å². The van der Waals surface area contributed by atoms with E-state index in [0.29, 0.717) is 11.7 Å². The first kappa shape index (κ1) is 33.6. The molecule has 0 aliphatic rings. The lowest BCUT2D eigenvalue weighted by atomic mass is 9.99. The molecule has 4 heterocycles. The van der Waals surface area contributed by atoms with Crippen molar-refractivity contribution in [3.05, 3.63) is 193 Å². The van der Waals surface area contributed by atoms with Crippen LogP contribution in [-0.4, -0.2) is 26.8 Å². The fourth-order valence-electron chi connectivity index (χ4n) is 9.51. The lowest BCUT2D eigenvalue weighted by molar-refractivity contribution is 0.642. The van der Waals surface area contributed by atoms with E-state index >= 15 is 0 Å². The minimum absolute atomic E-state index is 0.608. The number of hydrogen-bond donors (Lipinski definition) is 0. The summed E-state index contributed by atoms with van der Waals surface area (Å²) < 4.78 is 16.6. The molecule has 12 aromatic rings. The summed E-state index contributed by atoms with van der Waals surface area (Å²) in [5.74, 6) is 1.22. The number of aryl methyl sites for hydroxylation is 2. The highest BCUT2D eigenvalue weighted by molar-refractivity contribution is 7.20. The third-order valence-electron chi connectivity index (χ3n) is 12.2. The average Bonchev–Trinajstić information content (AvgIpc) is 4.02. The quantitative estimate of drug-likeness (QED) is 0.125. The van der Waals surface area contributed by atoms with E-state index in [2.05, 4.69) is 168 Å². The van der Waals surface area contributed by atoms with Crippen LogP contribution in [0.5, 0.6) is 0 Å². The first-order valence-corrected chi connectivity index (χ1v) is 22.0. The molecule has 8 aromatic carbocycles. The van der Waals surface area contributed by atoms with Crippen LogP contribution >= 0.6 is 0 Å². The van der Waals surface area contributed by atoms with Crippen molar-refractivity contribution in [3.8, 4) is 22.3 Å². The summed E-state index contributed by atoms with van der Waals surface area (Å²) in [6.45, 7) is 4.37. The van der Waals surface area contributed by atoms with Crippen LogP contribution in [0.25, 0.3) is 78.2 Å². The Morgan fingerprint density at radius 3 is 1.25 bits per heavy atom. The normalized spacial score (nSPS) is 12.2. The summed E-state index contributed by atoms with van der Waals surface area (Å²) in [7, 11) is -2.95. The molecule has 0 radical (unpaired) electrons. The number of nitrogens with zero attached hydrogens (tertiary/aromatic N) is 4. The van der Waals surface area contributed by atoms with E-state index in [1.807, 2.05) is 36.4 Å². The van der Waals surface area contributed by atoms with Crippen molar-refractivity contribution in [2.75, 3.05) is 0 Å². The van der Waals surface area contributed by atoms with Gasteiger partial charge >= 0.3 is 11.7 Å². The number of imidazole rings is 2. The Kier molecular flexibility index (Phi) is 7.28. The van der Waals surface area contributed by atoms with Crippen molar-refractivity contribution in [1.82, 2.24) is 18.8 Å². The molecule has 0 amide bonds. The van der Waals surface area contributed by atoms with E-state index in [1.54, 1.807) is 0 Å². The Balaban J connectivity index is 1.09. The zero-order valence-electron chi connectivity index (χ0n) is 32.4. The average molecular weight is 777 g/mol. The van der Waals surface area contributed by atoms with Crippen molar-refractivity contribution < 1.29 is 8.83 Å². The van der Waals surface area contributed by atoms with E-state index in [0.717, 1.165) is 44.3 Å². The van der Waals surface area contributed by atoms with E-state index in [9.17, 15) is 0 Å². The zero-order chi connectivity index (χ0) is 39.2. The molecule has 0 fully saturated rings. The Labute approximate surface area is 340 Å². The van der Waals surface area contributed by atoms with E-state index in [1.165, 1.54) is 54.1 Å². The van der Waals surface area contributed by atoms with Crippen LogP contribution in [0.3, 0.4) is 0 Å². The monoisotopic (exact) mass is 776 g/mol. The van der Waals surface area contributed by atoms with Gasteiger partial charge in [-0.2, -0.15) is 9.97 Å². The minimum Gasteiger partial charge on any atom is -0.423 e. The lowest BCUT2D eigenvalue weighted by Crippen LogP contribution is -2.74. The lowest BCUT2D eigenvalue weighted by Gasteiger charge is -2.35. The van der Waals surface area contributed by atoms with Gasteiger partial charge in [0.15, 0.2) is 19.2 Å². The number of rotatable bonds is 6. The first-order valence-electron chi connectivity index (χ1n) is 20.0. The summed E-state index contributed by atoms with van der Waals surface area (Å²) in [5.41, 5.74) is 14.6. The molecular weight excluding hydrogens is 741 g/mol. The number of benzene rings is 8. The van der Waals surface area contributed by atoms with Gasteiger partial charge < -0.3 is 8.83 Å². The van der Waals surface area contributed by atoms with Crippen LogP contribution in [-0.2, 0) is 0 Å². The second-order valence-corrected chi connectivity index (χ2v) is 19.4. The highest BCUT2D eigenvalue weighted by atomic mass is 28.3. The number of fused-ring (bicyclic) bond motifs is 10. The third-order valence-corrected chi connectivity index (χ3v) is 16.9. The highest BCUT2D eigenvalue weighted by Gasteiger charge is 2.42. The van der Waals surface area contributed by atoms with Gasteiger partial charge in [0.1, 0.15) is 0 Å². The molecule has 0 saturated carbocycles. The van der Waals surface area contributed by atoms with Crippen molar-refractivity contribution >= 4 is 84.8 Å². The second-order valence-electron chi connectivity index (χ2n) is 15.6. The molecule has 0 atom stereocenters. The summed E-state index contributed by atoms with van der Waals surface area (Å²) >= 11 is 0. The molecule has 4 aromatic heterocycles. The van der Waals surface area contributed by atoms with Crippen molar-refractivity contribution in [2.24, 2.45) is 0 Å². The van der Waals surface area contributed by atoms with Gasteiger partial charge in [-0.05, 0) is 117 Å². The molecule has 59 heavy (non-hydrogen) atoms. The Bertz CT molecular complexity index is 3360. The van der Waals surface area contributed by atoms with Crippen LogP contribution in [0, 0.1) is 13.8 Å². The molecule has 0 saturated heterocycles. The van der Waals surface area contributed by atoms with Crippen LogP contribution in [0.2, 0.25) is 0 Å². The largest absolute Gasteiger partial charge is 0.423 e. The molecular formula is C52H36N4O2Si. The van der Waals surface area contributed by atoms with Gasteiger partial charge in [0.2, 0.25) is 0 Å². The van der Waals surface area contributed by atoms with E-state index in [4.69, 9.17) is 18.8 Å². The molecule has 0 bridgehead atoms. The van der Waals surface area contributed by atoms with Gasteiger partial charge in [0.05, 0.1) is 33.1 Å². The van der Waals surface area contributed by atoms with Gasteiger partial charge in [0, 0.05) is 0 Å². The summed E-state index contributed by atoms with van der Waals surface area (Å²) in [6, 6.07) is 66.1. The molecule has 280 valence electrons. The number of aromatic nitrogens is 4. The second kappa shape index (κ2) is 12.8. The fraction of sp³-hybridized carbons (Fsp3) is 0.0385. The Hall–Kier alpha value is -7.48. The van der Waals surface area contributed by atoms with Gasteiger partial charge in [0.25, 0.3) is 0 Å². The molecule has 0 spiro atoms. The highest BCUT2D eigenvalue weighted by Crippen LogP contribution is 2.34. The van der Waals surface area contributed by atoms with Gasteiger partial charge in [-0.3, -0.25) is 8.80 Å². The Morgan fingerprint density at radius 2 is 0.797 bits per heavy atom. The molecule has 6 nitrogen and oxygen atoms in total. The predicted molar refractivity (Wildman–Crippen MR) is 242 cm³/mol. The molecule has 12 rings (SSSR count). The molecule has 7 heteroatoms. The number of oxazole rings is 2. The van der Waals surface area contributed by atoms with Crippen molar-refractivity contribution in [2.45, 2.75) is 13.8 Å². The fourth-order valence-corrected chi connectivity index (χ4v) is 14.3. The minimum atomic E-state index is -2.95. The smallest absolute Gasteiger partial charge is 0.307 e. The van der Waals surface area contributed by atoms with Crippen molar-refractivity contribution in [1.29, 1.82) is 0 Å². The maximum absolute atomic E-state index is 6.18. The molecule has 0 N–H and O–H groups in total. The maximum atomic E-state index is 6.18. The third kappa shape index (κ3) is 4.98. The van der Waals surface area contributed by atoms with Crippen LogP contribution in [0.15, 0.2) is 191 Å². The van der Waals surface area contributed by atoms with Crippen LogP contribution in [0.4, 0.5) is 0 Å². The van der Waals surface area contributed by atoms with Crippen LogP contribution < -0.4 is 20.7 Å². The van der Waals surface area contributed by atoms with Crippen molar-refractivity contribution in [3.63, 3.8) is 0 Å². The maximum Gasteiger partial charge on any atom is 0.307 e. The van der Waals surface area contributed by atoms with Gasteiger partial charge in [-0.1, -0.05) is 133 Å². The summed E-state index contributed by atoms with van der Waals surface area (Å²) in [6.07, 6.45) is 0. The van der Waals surface area contributed by atoms with Gasteiger partial charge in [-0.25, -0.2) is 0 Å². The standard InChI is InChI=1S/C52H36N4O2Si/c1-33-27-43-47(55-45-23-9-11-25-49(45)57-51(55)53-43)31-41(33)35-15-13-21-39(29-35)59(37-17-5-3-6-18-37,38-19-7-4-8-20-38)40-22-14-16-36(30-40)42-32-48-44(28-34(42)2)54-52-56(48)46-24-10-12-26-50(46)58-52/h3-32H,1-2H3. The Morgan fingerprint density at radius 1 is 0.390 bits per heavy atom. The topological polar surface area (TPSA) is 60.9 Å². The van der Waals surface area contributed by atoms with Crippen LogP contribution in [0.1, 0.15) is 11.1 Å². The first-order chi connectivity index (χ1) is 29.0. The summed E-state index contributed by atoms with van der Waals surface area (Å²) in [5, 5.41) is 5.27.